The van der Waals surface area contributed by atoms with E-state index in [0.717, 1.165) is 49.9 Å². The van der Waals surface area contributed by atoms with Crippen LogP contribution in [0.25, 0.3) is 0 Å². The molecule has 2 aromatic rings. The van der Waals surface area contributed by atoms with Gasteiger partial charge in [0.1, 0.15) is 0 Å². The number of ether oxygens (including phenoxy) is 1. The first-order valence-corrected chi connectivity index (χ1v) is 11.5. The molecule has 0 amide bonds. The van der Waals surface area contributed by atoms with Crippen molar-refractivity contribution in [1.82, 2.24) is 10.3 Å². The van der Waals surface area contributed by atoms with E-state index in [4.69, 9.17) is 9.72 Å². The largest absolute Gasteiger partial charge is 0.375 e. The average Bonchev–Trinajstić information content (AvgIpc) is 3.16. The molecule has 1 aliphatic heterocycles. The number of halogens is 1. The molecule has 2 fully saturated rings. The van der Waals surface area contributed by atoms with E-state index in [1.165, 1.54) is 36.9 Å². The van der Waals surface area contributed by atoms with Crippen LogP contribution in [0.1, 0.15) is 56.2 Å². The summed E-state index contributed by atoms with van der Waals surface area (Å²) in [5, 5.41) is 3.69. The molecule has 1 aromatic carbocycles. The Morgan fingerprint density at radius 3 is 2.71 bits per heavy atom. The first kappa shape index (κ1) is 20.1. The number of benzene rings is 1. The zero-order chi connectivity index (χ0) is 19.3. The minimum atomic E-state index is 0.103. The van der Waals surface area contributed by atoms with Gasteiger partial charge in [-0.25, -0.2) is 0 Å². The van der Waals surface area contributed by atoms with E-state index in [2.05, 4.69) is 57.6 Å². The topological polar surface area (TPSA) is 34.2 Å². The second-order valence-corrected chi connectivity index (χ2v) is 9.46. The maximum atomic E-state index is 6.35. The number of hydrogen-bond donors (Lipinski definition) is 1. The maximum absolute atomic E-state index is 6.35. The molecular formula is C24H31BrN2O. The van der Waals surface area contributed by atoms with Gasteiger partial charge in [-0.05, 0) is 81.4 Å². The molecule has 2 aliphatic rings. The van der Waals surface area contributed by atoms with Crippen molar-refractivity contribution < 1.29 is 4.74 Å². The fourth-order valence-electron chi connectivity index (χ4n) is 5.17. The van der Waals surface area contributed by atoms with E-state index < -0.39 is 0 Å². The maximum Gasteiger partial charge on any atom is 0.0691 e. The molecule has 3 nitrogen and oxygen atoms in total. The lowest BCUT2D eigenvalue weighted by atomic mass is 9.68. The molecule has 4 heteroatoms. The monoisotopic (exact) mass is 442 g/mol. The van der Waals surface area contributed by atoms with Crippen LogP contribution in [0.5, 0.6) is 0 Å². The van der Waals surface area contributed by atoms with Crippen molar-refractivity contribution in [1.29, 1.82) is 0 Å². The van der Waals surface area contributed by atoms with Crippen molar-refractivity contribution in [3.63, 3.8) is 0 Å². The van der Waals surface area contributed by atoms with Crippen molar-refractivity contribution in [2.75, 3.05) is 19.7 Å². The van der Waals surface area contributed by atoms with Crippen LogP contribution in [0, 0.1) is 0 Å². The van der Waals surface area contributed by atoms with Gasteiger partial charge >= 0.3 is 0 Å². The van der Waals surface area contributed by atoms with Crippen LogP contribution >= 0.6 is 15.9 Å². The van der Waals surface area contributed by atoms with E-state index in [1.807, 2.05) is 12.3 Å². The summed E-state index contributed by atoms with van der Waals surface area (Å²) in [6, 6.07) is 15.0. The van der Waals surface area contributed by atoms with Crippen molar-refractivity contribution in [3.8, 4) is 0 Å². The third kappa shape index (κ3) is 4.67. The lowest BCUT2D eigenvalue weighted by Crippen LogP contribution is -2.47. The standard InChI is InChI=1S/C24H31BrN2O/c25-21-7-5-6-20(18-21)9-15-26-16-12-23(22-8-1-4-14-27-22)13-17-28-24(19-23)10-2-3-11-24/h1,4-8,14,18,26H,2-3,9-13,15-17,19H2/t23-/m0/s1. The number of nitrogens with zero attached hydrogens (tertiary/aromatic N) is 1. The molecule has 0 unspecified atom stereocenters. The summed E-state index contributed by atoms with van der Waals surface area (Å²) in [4.78, 5) is 4.80. The summed E-state index contributed by atoms with van der Waals surface area (Å²) >= 11 is 3.56. The Labute approximate surface area is 177 Å². The van der Waals surface area contributed by atoms with E-state index in [1.54, 1.807) is 0 Å². The van der Waals surface area contributed by atoms with Gasteiger partial charge in [-0.1, -0.05) is 47.0 Å². The summed E-state index contributed by atoms with van der Waals surface area (Å²) in [6.07, 6.45) is 11.4. The van der Waals surface area contributed by atoms with Crippen LogP contribution in [-0.2, 0) is 16.6 Å². The third-order valence-corrected chi connectivity index (χ3v) is 7.13. The normalized spacial score (nSPS) is 23.9. The molecule has 1 atom stereocenters. The minimum absolute atomic E-state index is 0.103. The Bertz CT molecular complexity index is 760. The second-order valence-electron chi connectivity index (χ2n) is 8.54. The van der Waals surface area contributed by atoms with Gasteiger partial charge in [-0.3, -0.25) is 4.98 Å². The highest BCUT2D eigenvalue weighted by atomic mass is 79.9. The highest BCUT2D eigenvalue weighted by Crippen LogP contribution is 2.49. The quantitative estimate of drug-likeness (QED) is 0.580. The fourth-order valence-corrected chi connectivity index (χ4v) is 5.62. The predicted octanol–water partition coefficient (Wildman–Crippen LogP) is 5.43. The highest BCUT2D eigenvalue weighted by molar-refractivity contribution is 9.10. The molecule has 1 N–H and O–H groups in total. The van der Waals surface area contributed by atoms with Crippen LogP contribution in [0.15, 0.2) is 53.1 Å². The Balaban J connectivity index is 1.39. The molecule has 1 saturated carbocycles. The molecule has 2 heterocycles. The lowest BCUT2D eigenvalue weighted by molar-refractivity contribution is -0.104. The lowest BCUT2D eigenvalue weighted by Gasteiger charge is -2.46. The highest BCUT2D eigenvalue weighted by Gasteiger charge is 2.48. The van der Waals surface area contributed by atoms with Crippen LogP contribution < -0.4 is 5.32 Å². The second kappa shape index (κ2) is 9.06. The van der Waals surface area contributed by atoms with Crippen LogP contribution in [0.4, 0.5) is 0 Å². The Morgan fingerprint density at radius 2 is 1.93 bits per heavy atom. The molecule has 1 aromatic heterocycles. The first-order valence-electron chi connectivity index (χ1n) is 10.7. The molecule has 150 valence electrons. The molecule has 28 heavy (non-hydrogen) atoms. The molecule has 0 radical (unpaired) electrons. The number of nitrogens with one attached hydrogen (secondary N) is 1. The van der Waals surface area contributed by atoms with Gasteiger partial charge in [0.05, 0.1) is 5.60 Å². The molecule has 0 bridgehead atoms. The van der Waals surface area contributed by atoms with Gasteiger partial charge in [-0.15, -0.1) is 0 Å². The Hall–Kier alpha value is -1.23. The number of rotatable bonds is 7. The van der Waals surface area contributed by atoms with Gasteiger partial charge in [-0.2, -0.15) is 0 Å². The fraction of sp³-hybridized carbons (Fsp3) is 0.542. The summed E-state index contributed by atoms with van der Waals surface area (Å²) in [5.41, 5.74) is 2.88. The van der Waals surface area contributed by atoms with Gasteiger partial charge in [0.15, 0.2) is 0 Å². The first-order chi connectivity index (χ1) is 13.7. The molecule has 1 saturated heterocycles. The Morgan fingerprint density at radius 1 is 1.04 bits per heavy atom. The van der Waals surface area contributed by atoms with E-state index >= 15 is 0 Å². The smallest absolute Gasteiger partial charge is 0.0691 e. The Kier molecular flexibility index (Phi) is 6.49. The third-order valence-electron chi connectivity index (χ3n) is 6.63. The molecule has 1 aliphatic carbocycles. The predicted molar refractivity (Wildman–Crippen MR) is 118 cm³/mol. The zero-order valence-electron chi connectivity index (χ0n) is 16.6. The van der Waals surface area contributed by atoms with Crippen LogP contribution in [0.3, 0.4) is 0 Å². The van der Waals surface area contributed by atoms with E-state index in [0.29, 0.717) is 0 Å². The summed E-state index contributed by atoms with van der Waals surface area (Å²) < 4.78 is 7.50. The SMILES string of the molecule is Brc1cccc(CCNCC[C@]2(c3ccccn3)CCOC3(CCCC3)C2)c1. The van der Waals surface area contributed by atoms with Crippen molar-refractivity contribution >= 4 is 15.9 Å². The van der Waals surface area contributed by atoms with E-state index in [-0.39, 0.29) is 11.0 Å². The molecule has 1 spiro atoms. The van der Waals surface area contributed by atoms with Gasteiger partial charge in [0.25, 0.3) is 0 Å². The van der Waals surface area contributed by atoms with Gasteiger partial charge in [0, 0.05) is 28.4 Å². The van der Waals surface area contributed by atoms with Crippen LogP contribution in [-0.4, -0.2) is 30.3 Å². The molecule has 4 rings (SSSR count). The van der Waals surface area contributed by atoms with Crippen molar-refractivity contribution in [2.45, 2.75) is 62.4 Å². The van der Waals surface area contributed by atoms with Gasteiger partial charge < -0.3 is 10.1 Å². The molecular weight excluding hydrogens is 412 g/mol. The van der Waals surface area contributed by atoms with Crippen molar-refractivity contribution in [3.05, 3.63) is 64.4 Å². The number of hydrogen-bond acceptors (Lipinski definition) is 3. The zero-order valence-corrected chi connectivity index (χ0v) is 18.2. The van der Waals surface area contributed by atoms with E-state index in [9.17, 15) is 0 Å². The summed E-state index contributed by atoms with van der Waals surface area (Å²) in [7, 11) is 0. The van der Waals surface area contributed by atoms with Gasteiger partial charge in [0.2, 0.25) is 0 Å². The number of aromatic nitrogens is 1. The van der Waals surface area contributed by atoms with Crippen molar-refractivity contribution in [2.24, 2.45) is 0 Å². The summed E-state index contributed by atoms with van der Waals surface area (Å²) in [5.74, 6) is 0. The van der Waals surface area contributed by atoms with Crippen LogP contribution in [0.2, 0.25) is 0 Å². The minimum Gasteiger partial charge on any atom is -0.375 e. The summed E-state index contributed by atoms with van der Waals surface area (Å²) in [6.45, 7) is 2.91. The average molecular weight is 443 g/mol. The number of pyridine rings is 1.